The third-order valence-corrected chi connectivity index (χ3v) is 3.35. The average Bonchev–Trinajstić information content (AvgIpc) is 2.40. The number of aliphatic hydroxyl groups excluding tert-OH is 2. The van der Waals surface area contributed by atoms with Gasteiger partial charge < -0.3 is 15.5 Å². The number of carbonyl (C=O) groups is 1. The second-order valence-electron chi connectivity index (χ2n) is 4.93. The standard InChI is InChI=1S/C14H26N2O3/c17-10-8-16(9-11-18)12-14(19)15-7-6-13-4-2-1-3-5-13/h4,17-18H,1-3,5-12H2,(H,15,19). The van der Waals surface area contributed by atoms with Crippen molar-refractivity contribution >= 4 is 5.91 Å². The van der Waals surface area contributed by atoms with E-state index in [1.807, 2.05) is 0 Å². The number of nitrogens with zero attached hydrogens (tertiary/aromatic N) is 1. The van der Waals surface area contributed by atoms with Gasteiger partial charge in [0.05, 0.1) is 19.8 Å². The number of amides is 1. The van der Waals surface area contributed by atoms with Gasteiger partial charge in [0.2, 0.25) is 5.91 Å². The van der Waals surface area contributed by atoms with Crippen LogP contribution < -0.4 is 5.32 Å². The third-order valence-electron chi connectivity index (χ3n) is 3.35. The normalized spacial score (nSPS) is 15.4. The lowest BCUT2D eigenvalue weighted by atomic mass is 9.97. The Morgan fingerprint density at radius 3 is 2.58 bits per heavy atom. The fraction of sp³-hybridized carbons (Fsp3) is 0.786. The van der Waals surface area contributed by atoms with Crippen molar-refractivity contribution in [2.75, 3.05) is 39.4 Å². The molecule has 0 unspecified atom stereocenters. The molecule has 1 amide bonds. The van der Waals surface area contributed by atoms with Crippen molar-refractivity contribution in [2.24, 2.45) is 0 Å². The molecule has 1 aliphatic carbocycles. The van der Waals surface area contributed by atoms with E-state index in [0.717, 1.165) is 12.8 Å². The Bertz CT molecular complexity index is 286. The molecule has 0 aromatic carbocycles. The van der Waals surface area contributed by atoms with Crippen LogP contribution in [0.2, 0.25) is 0 Å². The summed E-state index contributed by atoms with van der Waals surface area (Å²) in [6, 6.07) is 0. The molecule has 1 rings (SSSR count). The maximum atomic E-state index is 11.7. The Labute approximate surface area is 115 Å². The Balaban J connectivity index is 2.16. The summed E-state index contributed by atoms with van der Waals surface area (Å²) in [7, 11) is 0. The number of allylic oxidation sites excluding steroid dienone is 1. The van der Waals surface area contributed by atoms with Gasteiger partial charge in [-0.2, -0.15) is 0 Å². The highest BCUT2D eigenvalue weighted by molar-refractivity contribution is 5.78. The highest BCUT2D eigenvalue weighted by Gasteiger charge is 2.10. The first kappa shape index (κ1) is 16.1. The van der Waals surface area contributed by atoms with Gasteiger partial charge in [0.25, 0.3) is 0 Å². The van der Waals surface area contributed by atoms with Crippen molar-refractivity contribution < 1.29 is 15.0 Å². The van der Waals surface area contributed by atoms with Crippen LogP contribution in [-0.4, -0.2) is 60.4 Å². The topological polar surface area (TPSA) is 72.8 Å². The predicted molar refractivity (Wildman–Crippen MR) is 74.8 cm³/mol. The minimum absolute atomic E-state index is 0.000165. The minimum Gasteiger partial charge on any atom is -0.395 e. The lowest BCUT2D eigenvalue weighted by Crippen LogP contribution is -2.40. The van der Waals surface area contributed by atoms with Crippen LogP contribution in [0.15, 0.2) is 11.6 Å². The molecule has 0 fully saturated rings. The van der Waals surface area contributed by atoms with Crippen LogP contribution in [0.5, 0.6) is 0 Å². The van der Waals surface area contributed by atoms with E-state index in [1.165, 1.54) is 24.8 Å². The molecule has 110 valence electrons. The zero-order valence-corrected chi connectivity index (χ0v) is 11.6. The molecule has 5 heteroatoms. The van der Waals surface area contributed by atoms with Crippen molar-refractivity contribution in [3.63, 3.8) is 0 Å². The van der Waals surface area contributed by atoms with E-state index in [-0.39, 0.29) is 25.7 Å². The third kappa shape index (κ3) is 7.30. The molecule has 0 bridgehead atoms. The first-order chi connectivity index (χ1) is 9.26. The lowest BCUT2D eigenvalue weighted by molar-refractivity contribution is -0.122. The van der Waals surface area contributed by atoms with E-state index in [2.05, 4.69) is 11.4 Å². The van der Waals surface area contributed by atoms with Crippen LogP contribution in [0.25, 0.3) is 0 Å². The van der Waals surface area contributed by atoms with E-state index in [4.69, 9.17) is 10.2 Å². The zero-order chi connectivity index (χ0) is 13.9. The van der Waals surface area contributed by atoms with E-state index >= 15 is 0 Å². The first-order valence-electron chi connectivity index (χ1n) is 7.15. The van der Waals surface area contributed by atoms with E-state index in [9.17, 15) is 4.79 Å². The molecule has 0 aromatic rings. The molecule has 0 atom stereocenters. The smallest absolute Gasteiger partial charge is 0.234 e. The summed E-state index contributed by atoms with van der Waals surface area (Å²) < 4.78 is 0. The van der Waals surface area contributed by atoms with Gasteiger partial charge >= 0.3 is 0 Å². The predicted octanol–water partition coefficient (Wildman–Crippen LogP) is 0.280. The molecular formula is C14H26N2O3. The molecule has 0 saturated heterocycles. The van der Waals surface area contributed by atoms with Gasteiger partial charge in [0.15, 0.2) is 0 Å². The SMILES string of the molecule is O=C(CN(CCO)CCO)NCCC1=CCCCC1. The summed E-state index contributed by atoms with van der Waals surface area (Å²) in [5.41, 5.74) is 1.45. The van der Waals surface area contributed by atoms with Gasteiger partial charge in [-0.05, 0) is 32.1 Å². The molecule has 0 heterocycles. The van der Waals surface area contributed by atoms with E-state index in [0.29, 0.717) is 19.6 Å². The summed E-state index contributed by atoms with van der Waals surface area (Å²) in [6.45, 7) is 1.75. The highest BCUT2D eigenvalue weighted by Crippen LogP contribution is 2.19. The van der Waals surface area contributed by atoms with Crippen molar-refractivity contribution in [3.05, 3.63) is 11.6 Å². The summed E-state index contributed by atoms with van der Waals surface area (Å²) in [5, 5.41) is 20.6. The maximum Gasteiger partial charge on any atom is 0.234 e. The van der Waals surface area contributed by atoms with Crippen LogP contribution in [0.1, 0.15) is 32.1 Å². The lowest BCUT2D eigenvalue weighted by Gasteiger charge is -2.19. The summed E-state index contributed by atoms with van der Waals surface area (Å²) >= 11 is 0. The van der Waals surface area contributed by atoms with E-state index in [1.54, 1.807) is 4.90 Å². The molecular weight excluding hydrogens is 244 g/mol. The second kappa shape index (κ2) is 9.95. The Morgan fingerprint density at radius 2 is 2.00 bits per heavy atom. The quantitative estimate of drug-likeness (QED) is 0.526. The number of hydrogen-bond acceptors (Lipinski definition) is 4. The van der Waals surface area contributed by atoms with Crippen LogP contribution in [0.4, 0.5) is 0 Å². The maximum absolute atomic E-state index is 11.7. The van der Waals surface area contributed by atoms with Crippen LogP contribution >= 0.6 is 0 Å². The van der Waals surface area contributed by atoms with Gasteiger partial charge in [0, 0.05) is 19.6 Å². The van der Waals surface area contributed by atoms with Crippen molar-refractivity contribution in [2.45, 2.75) is 32.1 Å². The van der Waals surface area contributed by atoms with Gasteiger partial charge in [-0.3, -0.25) is 9.69 Å². The number of nitrogens with one attached hydrogen (secondary N) is 1. The molecule has 0 aliphatic heterocycles. The van der Waals surface area contributed by atoms with Crippen molar-refractivity contribution in [1.29, 1.82) is 0 Å². The van der Waals surface area contributed by atoms with Gasteiger partial charge in [0.1, 0.15) is 0 Å². The fourth-order valence-electron chi connectivity index (χ4n) is 2.31. The van der Waals surface area contributed by atoms with Crippen molar-refractivity contribution in [1.82, 2.24) is 10.2 Å². The average molecular weight is 270 g/mol. The Morgan fingerprint density at radius 1 is 1.26 bits per heavy atom. The molecule has 0 aromatic heterocycles. The zero-order valence-electron chi connectivity index (χ0n) is 11.6. The van der Waals surface area contributed by atoms with Crippen LogP contribution in [0.3, 0.4) is 0 Å². The molecule has 5 nitrogen and oxygen atoms in total. The van der Waals surface area contributed by atoms with E-state index < -0.39 is 0 Å². The molecule has 0 saturated carbocycles. The monoisotopic (exact) mass is 270 g/mol. The fourth-order valence-corrected chi connectivity index (χ4v) is 2.31. The number of rotatable bonds is 9. The molecule has 0 radical (unpaired) electrons. The van der Waals surface area contributed by atoms with Gasteiger partial charge in [-0.15, -0.1) is 0 Å². The van der Waals surface area contributed by atoms with Crippen LogP contribution in [-0.2, 0) is 4.79 Å². The molecule has 1 aliphatic rings. The Hall–Kier alpha value is -0.910. The van der Waals surface area contributed by atoms with Crippen molar-refractivity contribution in [3.8, 4) is 0 Å². The van der Waals surface area contributed by atoms with Gasteiger partial charge in [-0.1, -0.05) is 11.6 Å². The summed E-state index contributed by atoms with van der Waals surface area (Å²) in [6.07, 6.45) is 8.11. The largest absolute Gasteiger partial charge is 0.395 e. The summed E-state index contributed by atoms with van der Waals surface area (Å²) in [5.74, 6) is -0.0432. The molecule has 0 spiro atoms. The number of aliphatic hydroxyl groups is 2. The second-order valence-corrected chi connectivity index (χ2v) is 4.93. The van der Waals surface area contributed by atoms with Crippen LogP contribution in [0, 0.1) is 0 Å². The Kier molecular flexibility index (Phi) is 8.45. The van der Waals surface area contributed by atoms with Gasteiger partial charge in [-0.25, -0.2) is 0 Å². The minimum atomic E-state index is -0.0432. The summed E-state index contributed by atoms with van der Waals surface area (Å²) in [4.78, 5) is 13.5. The number of carbonyl (C=O) groups excluding carboxylic acids is 1. The first-order valence-corrected chi connectivity index (χ1v) is 7.15. The molecule has 3 N–H and O–H groups in total. The highest BCUT2D eigenvalue weighted by atomic mass is 16.3. The molecule has 19 heavy (non-hydrogen) atoms. The number of hydrogen-bond donors (Lipinski definition) is 3.